The van der Waals surface area contributed by atoms with E-state index in [1.165, 1.54) is 0 Å². The second-order valence-corrected chi connectivity index (χ2v) is 6.29. The topological polar surface area (TPSA) is 89.9 Å². The summed E-state index contributed by atoms with van der Waals surface area (Å²) in [5.74, 6) is 0.0486. The predicted octanol–water partition coefficient (Wildman–Crippen LogP) is -1.26. The summed E-state index contributed by atoms with van der Waals surface area (Å²) < 4.78 is 25.2. The SMILES string of the molecule is O=S(=O)(CC1CCCCN1)N(CCO)CCO. The first-order chi connectivity index (χ1) is 8.10. The average Bonchev–Trinajstić information content (AvgIpc) is 2.29. The molecule has 1 atom stereocenters. The van der Waals surface area contributed by atoms with Crippen LogP contribution in [0, 0.1) is 0 Å². The van der Waals surface area contributed by atoms with Crippen LogP contribution in [0.1, 0.15) is 19.3 Å². The highest BCUT2D eigenvalue weighted by atomic mass is 32.2. The van der Waals surface area contributed by atoms with E-state index in [1.807, 2.05) is 0 Å². The number of piperidine rings is 1. The normalized spacial score (nSPS) is 21.9. The van der Waals surface area contributed by atoms with Crippen molar-refractivity contribution in [2.75, 3.05) is 38.6 Å². The molecule has 0 aromatic heterocycles. The second-order valence-electron chi connectivity index (χ2n) is 4.27. The zero-order valence-corrected chi connectivity index (χ0v) is 10.8. The summed E-state index contributed by atoms with van der Waals surface area (Å²) >= 11 is 0. The van der Waals surface area contributed by atoms with Crippen LogP contribution >= 0.6 is 0 Å². The van der Waals surface area contributed by atoms with Crippen molar-refractivity contribution in [1.82, 2.24) is 9.62 Å². The van der Waals surface area contributed by atoms with Crippen LogP contribution in [0.3, 0.4) is 0 Å². The molecule has 0 amide bonds. The number of hydrogen-bond donors (Lipinski definition) is 3. The number of nitrogens with zero attached hydrogens (tertiary/aromatic N) is 1. The first-order valence-electron chi connectivity index (χ1n) is 6.03. The molecular formula is C10H22N2O4S. The number of hydrogen-bond acceptors (Lipinski definition) is 5. The molecule has 3 N–H and O–H groups in total. The van der Waals surface area contributed by atoms with E-state index in [0.717, 1.165) is 30.1 Å². The van der Waals surface area contributed by atoms with E-state index < -0.39 is 10.0 Å². The molecule has 1 saturated heterocycles. The van der Waals surface area contributed by atoms with Crippen molar-refractivity contribution in [3.63, 3.8) is 0 Å². The van der Waals surface area contributed by atoms with E-state index in [2.05, 4.69) is 5.32 Å². The first-order valence-corrected chi connectivity index (χ1v) is 7.64. The molecule has 1 unspecified atom stereocenters. The second kappa shape index (κ2) is 7.27. The monoisotopic (exact) mass is 266 g/mol. The van der Waals surface area contributed by atoms with Crippen molar-refractivity contribution in [2.24, 2.45) is 0 Å². The molecule has 102 valence electrons. The van der Waals surface area contributed by atoms with Gasteiger partial charge in [0.1, 0.15) is 0 Å². The largest absolute Gasteiger partial charge is 0.395 e. The first kappa shape index (κ1) is 14.8. The third-order valence-electron chi connectivity index (χ3n) is 2.92. The Balaban J connectivity index is 2.56. The summed E-state index contributed by atoms with van der Waals surface area (Å²) in [7, 11) is -3.40. The summed E-state index contributed by atoms with van der Waals surface area (Å²) in [5, 5.41) is 20.8. The van der Waals surface area contributed by atoms with Crippen molar-refractivity contribution >= 4 is 10.0 Å². The fraction of sp³-hybridized carbons (Fsp3) is 1.00. The van der Waals surface area contributed by atoms with Crippen LogP contribution in [0.15, 0.2) is 0 Å². The fourth-order valence-corrected chi connectivity index (χ4v) is 3.76. The van der Waals surface area contributed by atoms with E-state index >= 15 is 0 Å². The highest BCUT2D eigenvalue weighted by molar-refractivity contribution is 7.89. The molecule has 0 aliphatic carbocycles. The predicted molar refractivity (Wildman–Crippen MR) is 65.2 cm³/mol. The Morgan fingerprint density at radius 3 is 2.29 bits per heavy atom. The molecule has 7 heteroatoms. The molecular weight excluding hydrogens is 244 g/mol. The minimum Gasteiger partial charge on any atom is -0.395 e. The minimum absolute atomic E-state index is 0.00589. The van der Waals surface area contributed by atoms with Gasteiger partial charge >= 0.3 is 0 Å². The van der Waals surface area contributed by atoms with Crippen LogP contribution in [0.25, 0.3) is 0 Å². The van der Waals surface area contributed by atoms with Gasteiger partial charge in [-0.3, -0.25) is 0 Å². The molecule has 0 aromatic carbocycles. The molecule has 0 bridgehead atoms. The molecule has 0 saturated carbocycles. The Hall–Kier alpha value is -0.210. The van der Waals surface area contributed by atoms with Crippen LogP contribution in [-0.2, 0) is 10.0 Å². The third-order valence-corrected chi connectivity index (χ3v) is 4.89. The Labute approximate surface area is 103 Å². The van der Waals surface area contributed by atoms with E-state index in [4.69, 9.17) is 10.2 Å². The van der Waals surface area contributed by atoms with Gasteiger partial charge in [0, 0.05) is 19.1 Å². The standard InChI is InChI=1S/C10H22N2O4S/c13-7-5-12(6-8-14)17(15,16)9-10-3-1-2-4-11-10/h10-11,13-14H,1-9H2. The lowest BCUT2D eigenvalue weighted by Gasteiger charge is -2.27. The number of aliphatic hydroxyl groups is 2. The number of nitrogens with one attached hydrogen (secondary N) is 1. The molecule has 0 spiro atoms. The van der Waals surface area contributed by atoms with Crippen molar-refractivity contribution in [1.29, 1.82) is 0 Å². The maximum atomic E-state index is 12.0. The van der Waals surface area contributed by atoms with E-state index in [-0.39, 0.29) is 38.1 Å². The number of aliphatic hydroxyl groups excluding tert-OH is 2. The summed E-state index contributed by atoms with van der Waals surface area (Å²) in [6, 6.07) is -0.00589. The smallest absolute Gasteiger partial charge is 0.215 e. The van der Waals surface area contributed by atoms with E-state index in [9.17, 15) is 8.42 Å². The third kappa shape index (κ3) is 4.89. The van der Waals surface area contributed by atoms with Crippen LogP contribution < -0.4 is 5.32 Å². The van der Waals surface area contributed by atoms with Gasteiger partial charge in [-0.05, 0) is 19.4 Å². The summed E-state index contributed by atoms with van der Waals surface area (Å²) in [4.78, 5) is 0. The van der Waals surface area contributed by atoms with Gasteiger partial charge in [0.15, 0.2) is 0 Å². The van der Waals surface area contributed by atoms with Gasteiger partial charge < -0.3 is 15.5 Å². The Morgan fingerprint density at radius 2 is 1.82 bits per heavy atom. The van der Waals surface area contributed by atoms with Gasteiger partial charge in [0.25, 0.3) is 0 Å². The van der Waals surface area contributed by atoms with Crippen molar-refractivity contribution in [3.05, 3.63) is 0 Å². The van der Waals surface area contributed by atoms with Gasteiger partial charge in [0.05, 0.1) is 19.0 Å². The Kier molecular flexibility index (Phi) is 6.35. The highest BCUT2D eigenvalue weighted by Gasteiger charge is 2.26. The maximum absolute atomic E-state index is 12.0. The maximum Gasteiger partial charge on any atom is 0.215 e. The van der Waals surface area contributed by atoms with E-state index in [1.54, 1.807) is 0 Å². The Bertz CT molecular complexity index is 295. The molecule has 1 rings (SSSR count). The fourth-order valence-electron chi connectivity index (χ4n) is 2.04. The molecule has 0 aromatic rings. The lowest BCUT2D eigenvalue weighted by molar-refractivity contribution is 0.217. The van der Waals surface area contributed by atoms with Crippen molar-refractivity contribution in [3.8, 4) is 0 Å². The zero-order valence-electron chi connectivity index (χ0n) is 10.0. The van der Waals surface area contributed by atoms with Gasteiger partial charge in [-0.1, -0.05) is 6.42 Å². The molecule has 1 aliphatic heterocycles. The van der Waals surface area contributed by atoms with Crippen molar-refractivity contribution < 1.29 is 18.6 Å². The minimum atomic E-state index is -3.40. The van der Waals surface area contributed by atoms with Crippen LogP contribution in [-0.4, -0.2) is 67.6 Å². The molecule has 17 heavy (non-hydrogen) atoms. The molecule has 1 aliphatic rings. The Morgan fingerprint density at radius 1 is 1.18 bits per heavy atom. The van der Waals surface area contributed by atoms with Gasteiger partial charge in [-0.2, -0.15) is 4.31 Å². The van der Waals surface area contributed by atoms with E-state index in [0.29, 0.717) is 0 Å². The van der Waals surface area contributed by atoms with Gasteiger partial charge in [0.2, 0.25) is 10.0 Å². The zero-order chi connectivity index (χ0) is 12.7. The number of rotatable bonds is 7. The summed E-state index contributed by atoms with van der Waals surface area (Å²) in [5.41, 5.74) is 0. The highest BCUT2D eigenvalue weighted by Crippen LogP contribution is 2.11. The van der Waals surface area contributed by atoms with Crippen LogP contribution in [0.2, 0.25) is 0 Å². The average molecular weight is 266 g/mol. The summed E-state index contributed by atoms with van der Waals surface area (Å²) in [6.45, 7) is 0.514. The van der Waals surface area contributed by atoms with Crippen LogP contribution in [0.4, 0.5) is 0 Å². The van der Waals surface area contributed by atoms with Crippen LogP contribution in [0.5, 0.6) is 0 Å². The lowest BCUT2D eigenvalue weighted by atomic mass is 10.1. The molecule has 1 heterocycles. The van der Waals surface area contributed by atoms with Crippen molar-refractivity contribution in [2.45, 2.75) is 25.3 Å². The molecule has 6 nitrogen and oxygen atoms in total. The number of sulfonamides is 1. The lowest BCUT2D eigenvalue weighted by Crippen LogP contribution is -2.45. The molecule has 1 fully saturated rings. The molecule has 0 radical (unpaired) electrons. The summed E-state index contributed by atoms with van der Waals surface area (Å²) in [6.07, 6.45) is 3.01. The quantitative estimate of drug-likeness (QED) is 0.535. The van der Waals surface area contributed by atoms with Gasteiger partial charge in [-0.25, -0.2) is 8.42 Å². The van der Waals surface area contributed by atoms with Gasteiger partial charge in [-0.15, -0.1) is 0 Å².